The Morgan fingerprint density at radius 3 is 2.73 bits per heavy atom. The van der Waals surface area contributed by atoms with Gasteiger partial charge < -0.3 is 0 Å². The van der Waals surface area contributed by atoms with Crippen molar-refractivity contribution in [1.29, 1.82) is 0 Å². The maximum atomic E-state index is 6.17. The van der Waals surface area contributed by atoms with Crippen LogP contribution >= 0.6 is 23.2 Å². The zero-order valence-electron chi connectivity index (χ0n) is 12.1. The molecule has 1 aromatic heterocycles. The summed E-state index contributed by atoms with van der Waals surface area (Å²) in [4.78, 5) is 10.5. The first kappa shape index (κ1) is 16.1. The van der Waals surface area contributed by atoms with Crippen LogP contribution in [-0.4, -0.2) is 52.0 Å². The third-order valence-corrected chi connectivity index (χ3v) is 6.94. The number of halogens is 2. The van der Waals surface area contributed by atoms with E-state index in [-0.39, 0.29) is 21.0 Å². The number of benzene rings is 1. The summed E-state index contributed by atoms with van der Waals surface area (Å²) >= 11 is 11.7. The number of hydrogen-bond donors (Lipinski definition) is 0. The first-order valence-corrected chi connectivity index (χ1v) is 9.60. The number of ether oxygens (including phenoxy) is 1. The molecular formula is C15H15AsCl2N3O. The molecule has 3 rings (SSSR count). The van der Waals surface area contributed by atoms with E-state index in [1.54, 1.807) is 6.20 Å². The van der Waals surface area contributed by atoms with Gasteiger partial charge in [-0.2, -0.15) is 0 Å². The van der Waals surface area contributed by atoms with Crippen molar-refractivity contribution >= 4 is 53.5 Å². The monoisotopic (exact) mass is 398 g/mol. The molecule has 2 heterocycles. The first-order valence-electron chi connectivity index (χ1n) is 6.96. The van der Waals surface area contributed by atoms with E-state index in [1.807, 2.05) is 0 Å². The molecule has 0 amide bonds. The van der Waals surface area contributed by atoms with Gasteiger partial charge in [-0.1, -0.05) is 0 Å². The molecule has 1 radical (unpaired) electrons. The van der Waals surface area contributed by atoms with Crippen LogP contribution < -0.4 is 13.7 Å². The van der Waals surface area contributed by atoms with Crippen molar-refractivity contribution in [1.82, 2.24) is 9.97 Å². The minimum atomic E-state index is -0.308. The minimum absolute atomic E-state index is 0.248. The molecule has 1 saturated heterocycles. The van der Waals surface area contributed by atoms with Gasteiger partial charge in [0, 0.05) is 0 Å². The molecule has 0 atom stereocenters. The Labute approximate surface area is 146 Å². The van der Waals surface area contributed by atoms with E-state index >= 15 is 0 Å². The van der Waals surface area contributed by atoms with E-state index in [4.69, 9.17) is 27.9 Å². The summed E-state index contributed by atoms with van der Waals surface area (Å²) in [5, 5.41) is 0.832. The third kappa shape index (κ3) is 3.75. The molecule has 2 aromatic rings. The first-order chi connectivity index (χ1) is 10.6. The van der Waals surface area contributed by atoms with Crippen LogP contribution in [0.1, 0.15) is 5.56 Å². The Bertz CT molecular complexity index is 678. The van der Waals surface area contributed by atoms with Gasteiger partial charge in [0.15, 0.2) is 0 Å². The second-order valence-corrected chi connectivity index (χ2v) is 8.11. The summed E-state index contributed by atoms with van der Waals surface area (Å²) < 4.78 is 7.53. The number of morpholine rings is 1. The Kier molecular flexibility index (Phi) is 5.25. The number of aromatic nitrogens is 2. The van der Waals surface area contributed by atoms with Gasteiger partial charge in [-0.05, 0) is 0 Å². The number of hydrogen-bond acceptors (Lipinski definition) is 4. The maximum absolute atomic E-state index is 6.17. The molecule has 0 unspecified atom stereocenters. The molecule has 0 saturated carbocycles. The Balaban J connectivity index is 1.81. The van der Waals surface area contributed by atoms with Crippen molar-refractivity contribution in [3.63, 3.8) is 0 Å². The summed E-state index contributed by atoms with van der Waals surface area (Å²) in [6.07, 6.45) is 1.57. The van der Waals surface area contributed by atoms with Gasteiger partial charge in [0.2, 0.25) is 0 Å². The fraction of sp³-hybridized carbons (Fsp3) is 0.333. The zero-order valence-corrected chi connectivity index (χ0v) is 15.5. The van der Waals surface area contributed by atoms with Crippen LogP contribution in [0.25, 0.3) is 0 Å². The summed E-state index contributed by atoms with van der Waals surface area (Å²) in [5.41, 5.74) is 2.51. The van der Waals surface area contributed by atoms with Crippen molar-refractivity contribution in [3.05, 3.63) is 40.3 Å². The average molecular weight is 399 g/mol. The molecular weight excluding hydrogens is 384 g/mol. The topological polar surface area (TPSA) is 38.2 Å². The van der Waals surface area contributed by atoms with Crippen LogP contribution in [0.2, 0.25) is 10.3 Å². The third-order valence-electron chi connectivity index (χ3n) is 3.48. The van der Waals surface area contributed by atoms with Crippen LogP contribution in [-0.2, 0) is 4.74 Å². The molecule has 115 valence electrons. The van der Waals surface area contributed by atoms with E-state index in [0.717, 1.165) is 30.8 Å². The Morgan fingerprint density at radius 1 is 1.23 bits per heavy atom. The summed E-state index contributed by atoms with van der Waals surface area (Å²) in [5.74, 6) is 0. The molecule has 7 heteroatoms. The number of anilines is 1. The van der Waals surface area contributed by atoms with Crippen molar-refractivity contribution in [2.75, 3.05) is 31.2 Å². The number of aryl methyl sites for hydroxylation is 1. The predicted molar refractivity (Wildman–Crippen MR) is 91.3 cm³/mol. The van der Waals surface area contributed by atoms with Crippen LogP contribution in [0, 0.1) is 6.92 Å². The fourth-order valence-electron chi connectivity index (χ4n) is 2.31. The standard InChI is InChI=1S/C15H15AsCl2N3O/c1-10-8-11(21-4-6-22-7-5-21)2-3-12(10)16-14-13(17)9-19-15(18)20-14/h2-3,8-9H,4-7H2,1H3. The van der Waals surface area contributed by atoms with E-state index < -0.39 is 0 Å². The molecule has 1 aliphatic rings. The van der Waals surface area contributed by atoms with Gasteiger partial charge >= 0.3 is 147 Å². The second kappa shape index (κ2) is 7.18. The van der Waals surface area contributed by atoms with Gasteiger partial charge in [-0.15, -0.1) is 0 Å². The molecule has 0 N–H and O–H groups in total. The normalized spacial score (nSPS) is 15.7. The summed E-state index contributed by atoms with van der Waals surface area (Å²) in [6, 6.07) is 6.57. The summed E-state index contributed by atoms with van der Waals surface area (Å²) in [7, 11) is 0. The average Bonchev–Trinajstić information content (AvgIpc) is 2.53. The number of nitrogens with zero attached hydrogens (tertiary/aromatic N) is 3. The van der Waals surface area contributed by atoms with Crippen LogP contribution in [0.4, 0.5) is 5.69 Å². The molecule has 1 aliphatic heterocycles. The molecule has 0 aliphatic carbocycles. The molecule has 0 spiro atoms. The zero-order chi connectivity index (χ0) is 15.5. The fourth-order valence-corrected chi connectivity index (χ4v) is 4.83. The van der Waals surface area contributed by atoms with Crippen LogP contribution in [0.15, 0.2) is 24.4 Å². The van der Waals surface area contributed by atoms with Crippen LogP contribution in [0.5, 0.6) is 0 Å². The van der Waals surface area contributed by atoms with E-state index in [1.165, 1.54) is 15.6 Å². The number of rotatable bonds is 3. The second-order valence-electron chi connectivity index (χ2n) is 4.99. The van der Waals surface area contributed by atoms with Gasteiger partial charge in [-0.3, -0.25) is 0 Å². The van der Waals surface area contributed by atoms with E-state index in [9.17, 15) is 0 Å². The molecule has 22 heavy (non-hydrogen) atoms. The van der Waals surface area contributed by atoms with Gasteiger partial charge in [0.05, 0.1) is 0 Å². The summed E-state index contributed by atoms with van der Waals surface area (Å²) in [6.45, 7) is 5.61. The van der Waals surface area contributed by atoms with Crippen LogP contribution in [0.3, 0.4) is 0 Å². The van der Waals surface area contributed by atoms with Gasteiger partial charge in [-0.25, -0.2) is 0 Å². The molecule has 0 bridgehead atoms. The van der Waals surface area contributed by atoms with Gasteiger partial charge in [0.1, 0.15) is 0 Å². The Hall–Kier alpha value is -0.802. The van der Waals surface area contributed by atoms with E-state index in [0.29, 0.717) is 5.02 Å². The SMILES string of the molecule is Cc1cc(N2CCOCC2)ccc1[As]c1nc(Cl)ncc1Cl. The van der Waals surface area contributed by atoms with Gasteiger partial charge in [0.25, 0.3) is 0 Å². The quantitative estimate of drug-likeness (QED) is 0.581. The van der Waals surface area contributed by atoms with Crippen molar-refractivity contribution in [2.24, 2.45) is 0 Å². The van der Waals surface area contributed by atoms with Crippen molar-refractivity contribution in [3.8, 4) is 0 Å². The molecule has 1 fully saturated rings. The van der Waals surface area contributed by atoms with Crippen molar-refractivity contribution < 1.29 is 4.74 Å². The Morgan fingerprint density at radius 2 is 2.00 bits per heavy atom. The molecule has 4 nitrogen and oxygen atoms in total. The predicted octanol–water partition coefficient (Wildman–Crippen LogP) is 1.58. The molecule has 1 aromatic carbocycles. The van der Waals surface area contributed by atoms with E-state index in [2.05, 4.69) is 40.0 Å². The van der Waals surface area contributed by atoms with Crippen molar-refractivity contribution in [2.45, 2.75) is 6.92 Å².